The Morgan fingerprint density at radius 1 is 1.38 bits per heavy atom. The Morgan fingerprint density at radius 3 is 2.52 bits per heavy atom. The van der Waals surface area contributed by atoms with Gasteiger partial charge < -0.3 is 9.84 Å². The maximum Gasteiger partial charge on any atom is 0.338 e. The average molecular weight is 356 g/mol. The van der Waals surface area contributed by atoms with Crippen LogP contribution in [0.4, 0.5) is 0 Å². The van der Waals surface area contributed by atoms with Crippen molar-refractivity contribution < 1.29 is 23.1 Å². The first kappa shape index (κ1) is 18.2. The molecule has 0 radical (unpaired) electrons. The third-order valence-electron chi connectivity index (χ3n) is 2.40. The van der Waals surface area contributed by atoms with E-state index < -0.39 is 26.6 Å². The van der Waals surface area contributed by atoms with Crippen LogP contribution in [0.25, 0.3) is 0 Å². The number of nitrogens with one attached hydrogen (secondary N) is 1. The molecule has 1 aromatic carbocycles. The molecule has 0 atom stereocenters. The summed E-state index contributed by atoms with van der Waals surface area (Å²) in [6.07, 6.45) is -0.0211. The largest absolute Gasteiger partial charge is 0.478 e. The summed E-state index contributed by atoms with van der Waals surface area (Å²) in [5.74, 6) is -1.40. The fourth-order valence-electron chi connectivity index (χ4n) is 1.49. The number of hydrogen-bond acceptors (Lipinski definition) is 4. The number of carboxylic acids is 1. The minimum atomic E-state index is -3.95. The molecule has 0 fully saturated rings. The van der Waals surface area contributed by atoms with Gasteiger partial charge in [0, 0.05) is 6.54 Å². The molecule has 0 aliphatic heterocycles. The molecule has 6 nitrogen and oxygen atoms in total. The molecular weight excluding hydrogens is 341 g/mol. The van der Waals surface area contributed by atoms with Crippen LogP contribution in [-0.4, -0.2) is 38.7 Å². The predicted molar refractivity (Wildman–Crippen MR) is 79.7 cm³/mol. The van der Waals surface area contributed by atoms with E-state index in [0.29, 0.717) is 0 Å². The lowest BCUT2D eigenvalue weighted by atomic mass is 10.2. The van der Waals surface area contributed by atoms with Gasteiger partial charge >= 0.3 is 5.97 Å². The third-order valence-corrected chi connectivity index (χ3v) is 4.73. The second-order valence-corrected chi connectivity index (χ2v) is 6.88. The van der Waals surface area contributed by atoms with Crippen LogP contribution in [0.1, 0.15) is 24.2 Å². The van der Waals surface area contributed by atoms with Crippen molar-refractivity contribution in [2.45, 2.75) is 24.8 Å². The summed E-state index contributed by atoms with van der Waals surface area (Å²) in [6, 6.07) is 2.33. The fourth-order valence-corrected chi connectivity index (χ4v) is 3.42. The molecule has 0 aliphatic rings. The summed E-state index contributed by atoms with van der Waals surface area (Å²) >= 11 is 11.5. The van der Waals surface area contributed by atoms with E-state index in [1.54, 1.807) is 0 Å². The highest BCUT2D eigenvalue weighted by atomic mass is 35.5. The number of ether oxygens (including phenoxy) is 1. The van der Waals surface area contributed by atoms with Crippen molar-refractivity contribution in [1.29, 1.82) is 0 Å². The lowest BCUT2D eigenvalue weighted by Crippen LogP contribution is -2.28. The first-order valence-electron chi connectivity index (χ1n) is 5.99. The first-order valence-corrected chi connectivity index (χ1v) is 8.23. The van der Waals surface area contributed by atoms with E-state index in [2.05, 4.69) is 4.72 Å². The SMILES string of the molecule is CC(C)OCCNS(=O)(=O)c1ccc(Cl)c(C(=O)O)c1Cl. The Morgan fingerprint density at radius 2 is 2.00 bits per heavy atom. The van der Waals surface area contributed by atoms with Gasteiger partial charge in [0.2, 0.25) is 10.0 Å². The summed E-state index contributed by atoms with van der Waals surface area (Å²) in [4.78, 5) is 10.7. The van der Waals surface area contributed by atoms with Gasteiger partial charge in [0.15, 0.2) is 0 Å². The van der Waals surface area contributed by atoms with Gasteiger partial charge in [-0.25, -0.2) is 17.9 Å². The minimum Gasteiger partial charge on any atom is -0.478 e. The van der Waals surface area contributed by atoms with E-state index in [1.807, 2.05) is 13.8 Å². The molecular formula is C12H15Cl2NO5S. The molecule has 1 aromatic rings. The molecule has 1 rings (SSSR count). The first-order chi connectivity index (χ1) is 9.66. The van der Waals surface area contributed by atoms with E-state index in [9.17, 15) is 13.2 Å². The van der Waals surface area contributed by atoms with Crippen LogP contribution in [0.3, 0.4) is 0 Å². The van der Waals surface area contributed by atoms with Crippen LogP contribution in [-0.2, 0) is 14.8 Å². The van der Waals surface area contributed by atoms with Gasteiger partial charge in [0.1, 0.15) is 4.90 Å². The lowest BCUT2D eigenvalue weighted by Gasteiger charge is -2.12. The maximum atomic E-state index is 12.1. The van der Waals surface area contributed by atoms with Crippen molar-refractivity contribution in [2.24, 2.45) is 0 Å². The number of carbonyl (C=O) groups is 1. The quantitative estimate of drug-likeness (QED) is 0.732. The second kappa shape index (κ2) is 7.42. The van der Waals surface area contributed by atoms with Crippen molar-refractivity contribution in [3.63, 3.8) is 0 Å². The molecule has 0 saturated heterocycles. The molecule has 0 aromatic heterocycles. The highest BCUT2D eigenvalue weighted by Gasteiger charge is 2.24. The van der Waals surface area contributed by atoms with Crippen molar-refractivity contribution >= 4 is 39.2 Å². The van der Waals surface area contributed by atoms with Crippen LogP contribution in [0.15, 0.2) is 17.0 Å². The smallest absolute Gasteiger partial charge is 0.338 e. The van der Waals surface area contributed by atoms with Gasteiger partial charge in [-0.2, -0.15) is 0 Å². The normalized spacial score (nSPS) is 11.9. The minimum absolute atomic E-state index is 0.0211. The van der Waals surface area contributed by atoms with E-state index >= 15 is 0 Å². The van der Waals surface area contributed by atoms with E-state index in [1.165, 1.54) is 6.07 Å². The molecule has 0 spiro atoms. The summed E-state index contributed by atoms with van der Waals surface area (Å²) in [7, 11) is -3.95. The zero-order valence-electron chi connectivity index (χ0n) is 11.4. The molecule has 0 aliphatic carbocycles. The number of rotatable bonds is 7. The Balaban J connectivity index is 2.99. The molecule has 9 heteroatoms. The lowest BCUT2D eigenvalue weighted by molar-refractivity contribution is 0.0697. The van der Waals surface area contributed by atoms with Crippen LogP contribution >= 0.6 is 23.2 Å². The van der Waals surface area contributed by atoms with Crippen molar-refractivity contribution in [3.05, 3.63) is 27.7 Å². The summed E-state index contributed by atoms with van der Waals surface area (Å²) in [6.45, 7) is 3.88. The standard InChI is InChI=1S/C12H15Cl2NO5S/c1-7(2)20-6-5-15-21(18,19)9-4-3-8(13)10(11(9)14)12(16)17/h3-4,7,15H,5-6H2,1-2H3,(H,16,17). The molecule has 0 heterocycles. The van der Waals surface area contributed by atoms with Gasteiger partial charge in [-0.15, -0.1) is 0 Å². The van der Waals surface area contributed by atoms with Crippen LogP contribution in [0.2, 0.25) is 10.0 Å². The van der Waals surface area contributed by atoms with Crippen molar-refractivity contribution in [3.8, 4) is 0 Å². The number of sulfonamides is 1. The van der Waals surface area contributed by atoms with Gasteiger partial charge in [-0.05, 0) is 26.0 Å². The number of aromatic carboxylic acids is 1. The van der Waals surface area contributed by atoms with E-state index in [-0.39, 0.29) is 29.2 Å². The Labute approximate surface area is 133 Å². The zero-order chi connectivity index (χ0) is 16.2. The second-order valence-electron chi connectivity index (χ2n) is 4.36. The maximum absolute atomic E-state index is 12.1. The molecule has 118 valence electrons. The average Bonchev–Trinajstić information content (AvgIpc) is 2.33. The van der Waals surface area contributed by atoms with E-state index in [0.717, 1.165) is 6.07 Å². The summed E-state index contributed by atoms with van der Waals surface area (Å²) < 4.78 is 31.7. The summed E-state index contributed by atoms with van der Waals surface area (Å²) in [5.41, 5.74) is -0.445. The Bertz CT molecular complexity index is 631. The van der Waals surface area contributed by atoms with Crippen LogP contribution < -0.4 is 4.72 Å². The third kappa shape index (κ3) is 4.82. The molecule has 2 N–H and O–H groups in total. The Kier molecular flexibility index (Phi) is 6.42. The monoisotopic (exact) mass is 355 g/mol. The molecule has 0 bridgehead atoms. The number of carboxylic acid groups (broad SMARTS) is 1. The van der Waals surface area contributed by atoms with Crippen LogP contribution in [0, 0.1) is 0 Å². The molecule has 0 saturated carbocycles. The van der Waals surface area contributed by atoms with Crippen molar-refractivity contribution in [1.82, 2.24) is 4.72 Å². The number of benzene rings is 1. The topological polar surface area (TPSA) is 92.7 Å². The predicted octanol–water partition coefficient (Wildman–Crippen LogP) is 2.39. The van der Waals surface area contributed by atoms with Gasteiger partial charge in [0.25, 0.3) is 0 Å². The molecule has 0 unspecified atom stereocenters. The fraction of sp³-hybridized carbons (Fsp3) is 0.417. The number of halogens is 2. The summed E-state index contributed by atoms with van der Waals surface area (Å²) in [5, 5.41) is 8.45. The van der Waals surface area contributed by atoms with Crippen LogP contribution in [0.5, 0.6) is 0 Å². The van der Waals surface area contributed by atoms with Gasteiger partial charge in [-0.1, -0.05) is 23.2 Å². The van der Waals surface area contributed by atoms with Gasteiger partial charge in [-0.3, -0.25) is 0 Å². The zero-order valence-corrected chi connectivity index (χ0v) is 13.7. The number of hydrogen-bond donors (Lipinski definition) is 2. The highest BCUT2D eigenvalue weighted by Crippen LogP contribution is 2.30. The van der Waals surface area contributed by atoms with E-state index in [4.69, 9.17) is 33.0 Å². The highest BCUT2D eigenvalue weighted by molar-refractivity contribution is 7.89. The van der Waals surface area contributed by atoms with Gasteiger partial charge in [0.05, 0.1) is 28.3 Å². The Hall–Kier alpha value is -0.860. The molecule has 21 heavy (non-hydrogen) atoms. The molecule has 0 amide bonds. The van der Waals surface area contributed by atoms with Crippen molar-refractivity contribution in [2.75, 3.05) is 13.2 Å².